The van der Waals surface area contributed by atoms with E-state index in [4.69, 9.17) is 19.2 Å². The number of fused-ring (bicyclic) bond motifs is 4. The smallest absolute Gasteiger partial charge is 0.307 e. The first-order chi connectivity index (χ1) is 15.1. The number of ether oxygens (including phenoxy) is 3. The highest BCUT2D eigenvalue weighted by molar-refractivity contribution is 7.19. The molecule has 1 atom stereocenters. The molecular weight excluding hydrogens is 414 g/mol. The molecule has 1 aliphatic carbocycles. The Balaban J connectivity index is 1.66. The molecule has 1 aromatic carbocycles. The standard InChI is InChI=1S/C23H25N3O4S/c1-28-17-9-13-7-8-26(16(11-20(27)30-3)15(13)10-18(17)29-2)22-21-14-5-4-6-19(14)31-23(21)25-12-24-22/h9-10,12,16H,4-8,11H2,1-3H3/t16-/m0/s1. The third-order valence-corrected chi connectivity index (χ3v) is 7.54. The molecule has 7 nitrogen and oxygen atoms in total. The van der Waals surface area contributed by atoms with Gasteiger partial charge in [0, 0.05) is 11.4 Å². The Morgan fingerprint density at radius 1 is 1.13 bits per heavy atom. The Kier molecular flexibility index (Phi) is 5.17. The average Bonchev–Trinajstić information content (AvgIpc) is 3.39. The molecule has 5 rings (SSSR count). The van der Waals surface area contributed by atoms with Crippen molar-refractivity contribution in [2.45, 2.75) is 38.1 Å². The highest BCUT2D eigenvalue weighted by Crippen LogP contribution is 2.45. The summed E-state index contributed by atoms with van der Waals surface area (Å²) in [5.74, 6) is 2.02. The van der Waals surface area contributed by atoms with Gasteiger partial charge in [-0.15, -0.1) is 11.3 Å². The van der Waals surface area contributed by atoms with E-state index in [9.17, 15) is 4.79 Å². The molecule has 3 aromatic rings. The summed E-state index contributed by atoms with van der Waals surface area (Å²) < 4.78 is 16.1. The van der Waals surface area contributed by atoms with Gasteiger partial charge in [0.25, 0.3) is 0 Å². The number of rotatable bonds is 5. The Hall–Kier alpha value is -2.87. The minimum atomic E-state index is -0.251. The molecule has 0 spiro atoms. The van der Waals surface area contributed by atoms with Crippen molar-refractivity contribution >= 4 is 33.3 Å². The van der Waals surface area contributed by atoms with E-state index in [0.717, 1.165) is 53.0 Å². The van der Waals surface area contributed by atoms with Gasteiger partial charge < -0.3 is 19.1 Å². The second kappa shape index (κ2) is 8.00. The molecule has 0 radical (unpaired) electrons. The lowest BCUT2D eigenvalue weighted by Gasteiger charge is -2.38. The third kappa shape index (κ3) is 3.29. The molecule has 2 aromatic heterocycles. The van der Waals surface area contributed by atoms with Crippen molar-refractivity contribution in [1.29, 1.82) is 0 Å². The lowest BCUT2D eigenvalue weighted by atomic mass is 9.89. The highest BCUT2D eigenvalue weighted by Gasteiger charge is 2.34. The van der Waals surface area contributed by atoms with Crippen LogP contribution < -0.4 is 14.4 Å². The van der Waals surface area contributed by atoms with Gasteiger partial charge in [-0.2, -0.15) is 0 Å². The summed E-state index contributed by atoms with van der Waals surface area (Å²) in [5.41, 5.74) is 3.59. The largest absolute Gasteiger partial charge is 0.493 e. The second-order valence-electron chi connectivity index (χ2n) is 7.88. The van der Waals surface area contributed by atoms with Gasteiger partial charge in [-0.05, 0) is 54.5 Å². The van der Waals surface area contributed by atoms with Crippen LogP contribution in [0.4, 0.5) is 5.82 Å². The minimum Gasteiger partial charge on any atom is -0.493 e. The predicted octanol–water partition coefficient (Wildman–Crippen LogP) is 3.86. The molecule has 2 aliphatic rings. The fourth-order valence-electron chi connectivity index (χ4n) is 4.87. The van der Waals surface area contributed by atoms with Crippen molar-refractivity contribution in [3.05, 3.63) is 40.0 Å². The van der Waals surface area contributed by atoms with E-state index < -0.39 is 0 Å². The lowest BCUT2D eigenvalue weighted by molar-refractivity contribution is -0.141. The van der Waals surface area contributed by atoms with Gasteiger partial charge in [-0.3, -0.25) is 4.79 Å². The van der Waals surface area contributed by atoms with Crippen molar-refractivity contribution in [3.8, 4) is 11.5 Å². The molecule has 0 amide bonds. The first kappa shape index (κ1) is 20.1. The van der Waals surface area contributed by atoms with Gasteiger partial charge in [0.05, 0.1) is 39.2 Å². The second-order valence-corrected chi connectivity index (χ2v) is 8.96. The number of carbonyl (C=O) groups is 1. The summed E-state index contributed by atoms with van der Waals surface area (Å²) in [6, 6.07) is 3.81. The van der Waals surface area contributed by atoms with Gasteiger partial charge in [0.1, 0.15) is 17.0 Å². The van der Waals surface area contributed by atoms with Crippen LogP contribution in [-0.2, 0) is 28.8 Å². The number of hydrogen-bond donors (Lipinski definition) is 0. The number of aryl methyl sites for hydroxylation is 2. The zero-order valence-electron chi connectivity index (χ0n) is 17.9. The number of nitrogens with zero attached hydrogens (tertiary/aromatic N) is 3. The van der Waals surface area contributed by atoms with Crippen molar-refractivity contribution in [2.24, 2.45) is 0 Å². The van der Waals surface area contributed by atoms with Crippen LogP contribution in [0.25, 0.3) is 10.2 Å². The first-order valence-corrected chi connectivity index (χ1v) is 11.3. The summed E-state index contributed by atoms with van der Waals surface area (Å²) in [5, 5.41) is 1.15. The summed E-state index contributed by atoms with van der Waals surface area (Å²) in [7, 11) is 4.70. The van der Waals surface area contributed by atoms with E-state index in [1.807, 2.05) is 12.1 Å². The Labute approximate surface area is 185 Å². The number of aromatic nitrogens is 2. The van der Waals surface area contributed by atoms with E-state index >= 15 is 0 Å². The maximum Gasteiger partial charge on any atom is 0.307 e. The zero-order valence-corrected chi connectivity index (χ0v) is 18.8. The molecule has 0 N–H and O–H groups in total. The summed E-state index contributed by atoms with van der Waals surface area (Å²) in [4.78, 5) is 26.4. The minimum absolute atomic E-state index is 0.203. The van der Waals surface area contributed by atoms with Gasteiger partial charge in [-0.25, -0.2) is 9.97 Å². The maximum absolute atomic E-state index is 12.4. The Morgan fingerprint density at radius 3 is 2.71 bits per heavy atom. The molecule has 8 heteroatoms. The first-order valence-electron chi connectivity index (χ1n) is 10.5. The van der Waals surface area contributed by atoms with E-state index in [-0.39, 0.29) is 18.4 Å². The number of esters is 1. The Morgan fingerprint density at radius 2 is 1.94 bits per heavy atom. The van der Waals surface area contributed by atoms with Crippen LogP contribution in [0.2, 0.25) is 0 Å². The van der Waals surface area contributed by atoms with E-state index in [1.165, 1.54) is 24.0 Å². The van der Waals surface area contributed by atoms with Crippen molar-refractivity contribution in [2.75, 3.05) is 32.8 Å². The predicted molar refractivity (Wildman–Crippen MR) is 119 cm³/mol. The van der Waals surface area contributed by atoms with Gasteiger partial charge in [-0.1, -0.05) is 0 Å². The molecule has 1 aliphatic heterocycles. The van der Waals surface area contributed by atoms with Crippen LogP contribution in [0.5, 0.6) is 11.5 Å². The summed E-state index contributed by atoms with van der Waals surface area (Å²) in [6.07, 6.45) is 6.05. The molecule has 31 heavy (non-hydrogen) atoms. The summed E-state index contributed by atoms with van der Waals surface area (Å²) >= 11 is 1.77. The normalized spacial score (nSPS) is 17.4. The van der Waals surface area contributed by atoms with Crippen LogP contribution in [0.1, 0.15) is 40.5 Å². The van der Waals surface area contributed by atoms with Crippen LogP contribution in [0.3, 0.4) is 0 Å². The van der Waals surface area contributed by atoms with Crippen LogP contribution >= 0.6 is 11.3 Å². The highest BCUT2D eigenvalue weighted by atomic mass is 32.1. The van der Waals surface area contributed by atoms with E-state index in [2.05, 4.69) is 9.88 Å². The molecule has 3 heterocycles. The number of hydrogen-bond acceptors (Lipinski definition) is 8. The SMILES string of the molecule is COC(=O)C[C@H]1c2cc(OC)c(OC)cc2CCN1c1ncnc2sc3c(c12)CCC3. The number of carbonyl (C=O) groups excluding carboxylic acids is 1. The maximum atomic E-state index is 12.4. The molecule has 0 bridgehead atoms. The van der Waals surface area contributed by atoms with Crippen LogP contribution in [0, 0.1) is 0 Å². The summed E-state index contributed by atoms with van der Waals surface area (Å²) in [6.45, 7) is 0.751. The van der Waals surface area contributed by atoms with Gasteiger partial charge in [0.2, 0.25) is 0 Å². The lowest BCUT2D eigenvalue weighted by Crippen LogP contribution is -2.37. The topological polar surface area (TPSA) is 73.8 Å². The third-order valence-electron chi connectivity index (χ3n) is 6.34. The van der Waals surface area contributed by atoms with Crippen LogP contribution in [0.15, 0.2) is 18.5 Å². The molecular formula is C23H25N3O4S. The van der Waals surface area contributed by atoms with Crippen molar-refractivity contribution < 1.29 is 19.0 Å². The van der Waals surface area contributed by atoms with E-state index in [0.29, 0.717) is 11.5 Å². The number of methoxy groups -OCH3 is 3. The number of thiophene rings is 1. The monoisotopic (exact) mass is 439 g/mol. The molecule has 0 unspecified atom stereocenters. The van der Waals surface area contributed by atoms with Crippen molar-refractivity contribution in [1.82, 2.24) is 9.97 Å². The molecule has 0 saturated heterocycles. The van der Waals surface area contributed by atoms with Crippen molar-refractivity contribution in [3.63, 3.8) is 0 Å². The van der Waals surface area contributed by atoms with Gasteiger partial charge in [0.15, 0.2) is 11.5 Å². The molecule has 0 fully saturated rings. The Bertz CT molecular complexity index is 1160. The molecule has 162 valence electrons. The average molecular weight is 440 g/mol. The van der Waals surface area contributed by atoms with Crippen LogP contribution in [-0.4, -0.2) is 43.8 Å². The van der Waals surface area contributed by atoms with Gasteiger partial charge >= 0.3 is 5.97 Å². The molecule has 0 saturated carbocycles. The number of benzene rings is 1. The fraction of sp³-hybridized carbons (Fsp3) is 0.435. The van der Waals surface area contributed by atoms with E-state index in [1.54, 1.807) is 31.9 Å². The fourth-order valence-corrected chi connectivity index (χ4v) is 6.10. The quantitative estimate of drug-likeness (QED) is 0.559. The zero-order chi connectivity index (χ0) is 21.5. The number of anilines is 1.